The number of nitrogens with zero attached hydrogens (tertiary/aromatic N) is 15. The number of hydrogen-bond acceptors (Lipinski definition) is 35. The van der Waals surface area contributed by atoms with E-state index in [1.807, 2.05) is 0 Å². The Morgan fingerprint density at radius 1 is 0.284 bits per heavy atom. The Bertz CT molecular complexity index is 3090. The average molecular weight is 1260 g/mol. The molecule has 488 valence electrons. The van der Waals surface area contributed by atoms with Gasteiger partial charge in [-0.05, 0) is 13.3 Å². The van der Waals surface area contributed by atoms with Crippen LogP contribution in [0.4, 0.5) is 0 Å². The Labute approximate surface area is 494 Å². The van der Waals surface area contributed by atoms with Crippen LogP contribution in [0.15, 0.2) is 31.0 Å². The second-order valence-corrected chi connectivity index (χ2v) is 23.0. The van der Waals surface area contributed by atoms with E-state index in [9.17, 15) is 97.0 Å². The Morgan fingerprint density at radius 2 is 0.500 bits per heavy atom. The van der Waals surface area contributed by atoms with Gasteiger partial charge in [-0.1, -0.05) is 26.1 Å². The minimum absolute atomic E-state index is 0.0229. The van der Waals surface area contributed by atoms with Gasteiger partial charge >= 0.3 is 0 Å². The summed E-state index contributed by atoms with van der Waals surface area (Å²) in [5.74, 6) is 0. The first-order chi connectivity index (χ1) is 41.9. The lowest BCUT2D eigenvalue weighted by molar-refractivity contribution is -0.230. The van der Waals surface area contributed by atoms with Crippen molar-refractivity contribution in [3.63, 3.8) is 0 Å². The van der Waals surface area contributed by atoms with Gasteiger partial charge in [0.15, 0.2) is 0 Å². The van der Waals surface area contributed by atoms with Crippen molar-refractivity contribution in [2.45, 2.75) is 229 Å². The third-order valence-electron chi connectivity index (χ3n) is 17.0. The van der Waals surface area contributed by atoms with Crippen molar-refractivity contribution in [3.8, 4) is 0 Å². The molecule has 0 aromatic carbocycles. The fourth-order valence-corrected chi connectivity index (χ4v) is 11.8. The summed E-state index contributed by atoms with van der Waals surface area (Å²) in [5, 5.41) is 244. The summed E-state index contributed by atoms with van der Waals surface area (Å²) in [5.41, 5.74) is -0.160. The third kappa shape index (κ3) is 12.5. The molecule has 0 amide bonds. The van der Waals surface area contributed by atoms with Crippen molar-refractivity contribution < 1.29 is 125 Å². The molecule has 19 N–H and O–H groups in total. The number of rotatable bonds is 17. The van der Waals surface area contributed by atoms with Crippen LogP contribution in [0.3, 0.4) is 0 Å². The Morgan fingerprint density at radius 3 is 0.761 bits per heavy atom. The number of hydrogen-bond donors (Lipinski definition) is 19. The highest BCUT2D eigenvalue weighted by molar-refractivity contribution is 5.13. The van der Waals surface area contributed by atoms with Gasteiger partial charge in [-0.2, -0.15) is 0 Å². The first-order valence-electron chi connectivity index (χ1n) is 28.2. The normalized spacial score (nSPS) is 43.5. The van der Waals surface area contributed by atoms with Crippen LogP contribution in [-0.2, 0) is 61.1 Å². The number of aliphatic hydroxyl groups is 19. The SMILES string of the molecule is C[C@H]1O[C@H](c2cn(C[C@H]3O[C@H](c4cn(C[C@H]5O[C@H](c6cn(C[C@H]7O[C@H](c8cn(C[C@H]9O[C@H](c%10cn(C[C@H]%11O[C@H](CCO)[C@@H](O)[C@@H](O)[C@@H]%11O)nn%10)[C@@H](O)[C@@H](O)[C@@H]9O)nn8)[C@@H](O)[C@@H](O)[C@@H]7O)nn6)[C@@H](O)[C@@H](O)[C@@H]5O)nn4)[C@@H](O)[C@@H](O)[C@@H]3O)nn2)[C@@H](O)[C@@H](O)[C@@H]1O. The maximum atomic E-state index is 11.1. The molecule has 0 bridgehead atoms. The lowest BCUT2D eigenvalue weighted by atomic mass is 9.93. The first-order valence-corrected chi connectivity index (χ1v) is 28.2. The molecular weight excluding hydrogens is 1190 g/mol. The van der Waals surface area contributed by atoms with Gasteiger partial charge in [0, 0.05) is 6.61 Å². The number of aromatic nitrogens is 15. The molecule has 6 fully saturated rings. The Balaban J connectivity index is 0.707. The summed E-state index contributed by atoms with van der Waals surface area (Å²) in [6.07, 6.45) is -38.9. The predicted molar refractivity (Wildman–Crippen MR) is 272 cm³/mol. The molecule has 0 spiro atoms. The monoisotopic (exact) mass is 1260 g/mol. The van der Waals surface area contributed by atoms with Gasteiger partial charge in [-0.15, -0.1) is 25.5 Å². The third-order valence-corrected chi connectivity index (χ3v) is 17.0. The van der Waals surface area contributed by atoms with E-state index in [4.69, 9.17) is 28.4 Å². The van der Waals surface area contributed by atoms with Crippen LogP contribution in [0.25, 0.3) is 0 Å². The molecule has 30 atom stereocenters. The van der Waals surface area contributed by atoms with Gasteiger partial charge in [-0.3, -0.25) is 0 Å². The molecular formula is C48H71N15O25. The zero-order chi connectivity index (χ0) is 62.9. The van der Waals surface area contributed by atoms with E-state index >= 15 is 0 Å². The lowest BCUT2D eigenvalue weighted by Crippen LogP contribution is -2.58. The van der Waals surface area contributed by atoms with E-state index in [1.165, 1.54) is 47.3 Å². The smallest absolute Gasteiger partial charge is 0.132 e. The van der Waals surface area contributed by atoms with Crippen LogP contribution in [0.2, 0.25) is 0 Å². The van der Waals surface area contributed by atoms with Gasteiger partial charge in [0.25, 0.3) is 0 Å². The van der Waals surface area contributed by atoms with Crippen LogP contribution in [0, 0.1) is 0 Å². The topological polar surface area (TPSA) is 593 Å². The van der Waals surface area contributed by atoms with Crippen molar-refractivity contribution in [1.29, 1.82) is 0 Å². The maximum absolute atomic E-state index is 11.1. The molecule has 0 aliphatic carbocycles. The van der Waals surface area contributed by atoms with Gasteiger partial charge in [0.2, 0.25) is 0 Å². The molecule has 5 aromatic rings. The number of aliphatic hydroxyl groups excluding tert-OH is 19. The quantitative estimate of drug-likeness (QED) is 0.0411. The van der Waals surface area contributed by atoms with Gasteiger partial charge in [0.05, 0.1) is 75.9 Å². The molecule has 6 aliphatic rings. The number of ether oxygens (including phenoxy) is 6. The summed E-state index contributed by atoms with van der Waals surface area (Å²) < 4.78 is 41.4. The molecule has 40 nitrogen and oxygen atoms in total. The van der Waals surface area contributed by atoms with Gasteiger partial charge in [-0.25, -0.2) is 23.4 Å². The lowest BCUT2D eigenvalue weighted by Gasteiger charge is -2.40. The van der Waals surface area contributed by atoms with Crippen LogP contribution in [0.1, 0.15) is 72.3 Å². The highest BCUT2D eigenvalue weighted by Crippen LogP contribution is 2.38. The van der Waals surface area contributed by atoms with Gasteiger partial charge < -0.3 is 125 Å². The van der Waals surface area contributed by atoms with Crippen LogP contribution < -0.4 is 0 Å². The van der Waals surface area contributed by atoms with Crippen molar-refractivity contribution in [2.24, 2.45) is 0 Å². The molecule has 0 radical (unpaired) electrons. The second-order valence-electron chi connectivity index (χ2n) is 23.0. The van der Waals surface area contributed by atoms with Crippen molar-refractivity contribution in [1.82, 2.24) is 75.0 Å². The molecule has 11 heterocycles. The summed E-state index contributed by atoms with van der Waals surface area (Å²) in [6, 6.07) is 0. The van der Waals surface area contributed by atoms with E-state index in [1.54, 1.807) is 0 Å². The van der Waals surface area contributed by atoms with Crippen LogP contribution in [0.5, 0.6) is 0 Å². The largest absolute Gasteiger partial charge is 0.396 e. The van der Waals surface area contributed by atoms with E-state index in [0.29, 0.717) is 0 Å². The van der Waals surface area contributed by atoms with Crippen molar-refractivity contribution in [2.75, 3.05) is 6.61 Å². The Hall–Kier alpha value is -5.30. The Kier molecular flexibility index (Phi) is 19.1. The molecule has 11 rings (SSSR count). The second kappa shape index (κ2) is 26.1. The van der Waals surface area contributed by atoms with E-state index < -0.39 is 183 Å². The summed E-state index contributed by atoms with van der Waals surface area (Å²) in [4.78, 5) is 0. The van der Waals surface area contributed by atoms with Crippen molar-refractivity contribution >= 4 is 0 Å². The fraction of sp³-hybridized carbons (Fsp3) is 0.792. The highest BCUT2D eigenvalue weighted by atomic mass is 16.6. The van der Waals surface area contributed by atoms with E-state index in [-0.39, 0.29) is 74.2 Å². The minimum Gasteiger partial charge on any atom is -0.396 e. The van der Waals surface area contributed by atoms with Crippen LogP contribution >= 0.6 is 0 Å². The summed E-state index contributed by atoms with van der Waals surface area (Å²) in [6.45, 7) is -0.394. The minimum atomic E-state index is -1.84. The first kappa shape index (κ1) is 64.2. The van der Waals surface area contributed by atoms with Crippen LogP contribution in [-0.4, -0.2) is 331 Å². The predicted octanol–water partition coefficient (Wildman–Crippen LogP) is -12.7. The van der Waals surface area contributed by atoms with Crippen molar-refractivity contribution in [3.05, 3.63) is 59.5 Å². The fourth-order valence-electron chi connectivity index (χ4n) is 11.8. The molecule has 0 saturated carbocycles. The molecule has 6 aliphatic heterocycles. The summed E-state index contributed by atoms with van der Waals surface area (Å²) in [7, 11) is 0. The standard InChI is InChI=1S/C48H71N15O25/c1-14-26(65)33(72)39(78)44(83-14)15-4-60(54-49-15)10-22-29(68)35(74)41(80)46(85-22)17-6-62(56-51-17)12-24-31(70)37(76)43(82)48(87-24)19-8-63(58-53-19)13-25-32(71)38(77)42(81)47(88-25)18-7-61(57-52-18)11-23-30(69)36(75)40(79)45(86-23)16-5-59(55-50-16)9-21-28(67)34(73)27(66)20(84-21)2-3-64/h4-8,14,20-48,64-82H,2-3,9-13H2,1H3/t14-,20-,21-,22-,23-,24-,25-,26-,27-,28-,29-,30-,31-,32-,33+,34-,35+,36+,37+,38+,39+,40+,41+,42+,43+,44-,45-,46-,47-,48-/m1/s1. The zero-order valence-electron chi connectivity index (χ0n) is 46.3. The maximum Gasteiger partial charge on any atom is 0.132 e. The molecule has 6 saturated heterocycles. The van der Waals surface area contributed by atoms with E-state index in [2.05, 4.69) is 51.6 Å². The highest BCUT2D eigenvalue weighted by Gasteiger charge is 2.52. The summed E-state index contributed by atoms with van der Waals surface area (Å²) >= 11 is 0. The molecule has 88 heavy (non-hydrogen) atoms. The average Bonchev–Trinajstić information content (AvgIpc) is 2.33. The van der Waals surface area contributed by atoms with E-state index in [0.717, 1.165) is 14.0 Å². The zero-order valence-corrected chi connectivity index (χ0v) is 46.3. The molecule has 40 heteroatoms. The van der Waals surface area contributed by atoms with Gasteiger partial charge in [0.1, 0.15) is 199 Å². The molecule has 5 aromatic heterocycles. The molecule has 0 unspecified atom stereocenters.